The van der Waals surface area contributed by atoms with Gasteiger partial charge in [-0.3, -0.25) is 4.79 Å². The molecule has 3 rings (SSSR count). The highest BCUT2D eigenvalue weighted by Crippen LogP contribution is 2.34. The number of hydrogen-bond acceptors (Lipinski definition) is 5. The van der Waals surface area contributed by atoms with Gasteiger partial charge in [0.25, 0.3) is 5.91 Å². The van der Waals surface area contributed by atoms with Gasteiger partial charge in [0.2, 0.25) is 0 Å². The third-order valence-electron chi connectivity index (χ3n) is 4.17. The molecule has 3 heterocycles. The molecule has 0 aliphatic carbocycles. The van der Waals surface area contributed by atoms with Crippen molar-refractivity contribution in [3.05, 3.63) is 33.1 Å². The number of carbonyl (C=O) groups excluding carboxylic acids is 1. The zero-order valence-corrected chi connectivity index (χ0v) is 14.1. The first-order valence-corrected chi connectivity index (χ1v) is 8.68. The number of thiazole rings is 1. The molecule has 1 aliphatic heterocycles. The van der Waals surface area contributed by atoms with Crippen molar-refractivity contribution in [3.8, 4) is 0 Å². The van der Waals surface area contributed by atoms with Gasteiger partial charge in [-0.1, -0.05) is 12.1 Å². The Labute approximate surface area is 134 Å². The third-order valence-corrected chi connectivity index (χ3v) is 5.23. The molecular formula is C16H21N3O2S. The van der Waals surface area contributed by atoms with Crippen molar-refractivity contribution in [1.82, 2.24) is 15.0 Å². The fourth-order valence-corrected chi connectivity index (χ4v) is 3.98. The molecule has 1 fully saturated rings. The lowest BCUT2D eigenvalue weighted by molar-refractivity contribution is 0.0608. The number of aromatic nitrogens is 2. The standard InChI is InChI=1S/C16H21N3O2S/c1-4-12-14(11(3)21-18-12)16(20)19-8-6-5-7-13(19)15-17-10(2)9-22-15/h9,13H,4-8H2,1-3H3/t13-/m1/s1. The molecule has 0 saturated carbocycles. The molecule has 2 aromatic heterocycles. The van der Waals surface area contributed by atoms with Crippen molar-refractivity contribution < 1.29 is 9.32 Å². The van der Waals surface area contributed by atoms with Crippen LogP contribution >= 0.6 is 11.3 Å². The largest absolute Gasteiger partial charge is 0.361 e. The van der Waals surface area contributed by atoms with Crippen molar-refractivity contribution in [2.75, 3.05) is 6.54 Å². The lowest BCUT2D eigenvalue weighted by Crippen LogP contribution is -2.39. The topological polar surface area (TPSA) is 59.2 Å². The lowest BCUT2D eigenvalue weighted by Gasteiger charge is -2.34. The number of likely N-dealkylation sites (tertiary alicyclic amines) is 1. The van der Waals surface area contributed by atoms with Gasteiger partial charge < -0.3 is 9.42 Å². The maximum Gasteiger partial charge on any atom is 0.259 e. The molecule has 0 radical (unpaired) electrons. The van der Waals surface area contributed by atoms with Gasteiger partial charge in [0.05, 0.1) is 11.7 Å². The number of piperidine rings is 1. The zero-order chi connectivity index (χ0) is 15.7. The van der Waals surface area contributed by atoms with E-state index in [1.807, 2.05) is 25.7 Å². The van der Waals surface area contributed by atoms with E-state index in [-0.39, 0.29) is 11.9 Å². The van der Waals surface area contributed by atoms with Gasteiger partial charge in [0, 0.05) is 17.6 Å². The van der Waals surface area contributed by atoms with Gasteiger partial charge >= 0.3 is 0 Å². The normalized spacial score (nSPS) is 18.7. The van der Waals surface area contributed by atoms with Crippen LogP contribution in [0.5, 0.6) is 0 Å². The van der Waals surface area contributed by atoms with Crippen LogP contribution in [-0.2, 0) is 6.42 Å². The first kappa shape index (κ1) is 15.2. The van der Waals surface area contributed by atoms with Gasteiger partial charge in [0.15, 0.2) is 0 Å². The Balaban J connectivity index is 1.93. The van der Waals surface area contributed by atoms with E-state index >= 15 is 0 Å². The third kappa shape index (κ3) is 2.67. The Morgan fingerprint density at radius 1 is 1.45 bits per heavy atom. The number of carbonyl (C=O) groups is 1. The van der Waals surface area contributed by atoms with Crippen LogP contribution in [0.1, 0.15) is 64.7 Å². The van der Waals surface area contributed by atoms with E-state index in [1.54, 1.807) is 11.3 Å². The summed E-state index contributed by atoms with van der Waals surface area (Å²) in [5.41, 5.74) is 2.41. The molecule has 2 aromatic rings. The fraction of sp³-hybridized carbons (Fsp3) is 0.562. The molecule has 22 heavy (non-hydrogen) atoms. The Hall–Kier alpha value is -1.69. The minimum atomic E-state index is 0.0353. The van der Waals surface area contributed by atoms with Crippen LogP contribution in [0.25, 0.3) is 0 Å². The number of nitrogens with zero attached hydrogens (tertiary/aromatic N) is 3. The molecule has 0 spiro atoms. The average molecular weight is 319 g/mol. The zero-order valence-electron chi connectivity index (χ0n) is 13.3. The Morgan fingerprint density at radius 2 is 2.27 bits per heavy atom. The first-order chi connectivity index (χ1) is 10.6. The molecule has 0 aromatic carbocycles. The SMILES string of the molecule is CCc1noc(C)c1C(=O)N1CCCC[C@@H]1c1nc(C)cs1. The van der Waals surface area contributed by atoms with Crippen LogP contribution in [0.4, 0.5) is 0 Å². The Bertz CT molecular complexity index is 677. The van der Waals surface area contributed by atoms with Crippen LogP contribution in [0.2, 0.25) is 0 Å². The van der Waals surface area contributed by atoms with Crippen LogP contribution in [0.15, 0.2) is 9.90 Å². The van der Waals surface area contributed by atoms with Crippen molar-refractivity contribution >= 4 is 17.2 Å². The summed E-state index contributed by atoms with van der Waals surface area (Å²) in [6.07, 6.45) is 3.85. The number of hydrogen-bond donors (Lipinski definition) is 0. The van der Waals surface area contributed by atoms with Crippen LogP contribution in [0, 0.1) is 13.8 Å². The maximum absolute atomic E-state index is 13.1. The summed E-state index contributed by atoms with van der Waals surface area (Å²) >= 11 is 1.64. The van der Waals surface area contributed by atoms with E-state index < -0.39 is 0 Å². The number of amides is 1. The van der Waals surface area contributed by atoms with Crippen molar-refractivity contribution in [3.63, 3.8) is 0 Å². The van der Waals surface area contributed by atoms with Crippen molar-refractivity contribution in [2.24, 2.45) is 0 Å². The second-order valence-electron chi connectivity index (χ2n) is 5.75. The highest BCUT2D eigenvalue weighted by Gasteiger charge is 2.33. The summed E-state index contributed by atoms with van der Waals surface area (Å²) in [6, 6.07) is 0.0824. The second kappa shape index (κ2) is 6.20. The average Bonchev–Trinajstić information content (AvgIpc) is 3.12. The summed E-state index contributed by atoms with van der Waals surface area (Å²) < 4.78 is 5.23. The molecular weight excluding hydrogens is 298 g/mol. The first-order valence-electron chi connectivity index (χ1n) is 7.80. The molecule has 0 unspecified atom stereocenters. The van der Waals surface area contributed by atoms with Gasteiger partial charge in [-0.05, 0) is 39.5 Å². The van der Waals surface area contributed by atoms with Crippen LogP contribution in [0.3, 0.4) is 0 Å². The van der Waals surface area contributed by atoms with E-state index in [0.29, 0.717) is 17.7 Å². The predicted octanol–water partition coefficient (Wildman–Crippen LogP) is 3.68. The minimum Gasteiger partial charge on any atom is -0.361 e. The lowest BCUT2D eigenvalue weighted by atomic mass is 10.0. The van der Waals surface area contributed by atoms with Crippen LogP contribution in [-0.4, -0.2) is 27.5 Å². The molecule has 6 heteroatoms. The van der Waals surface area contributed by atoms with Gasteiger partial charge in [0.1, 0.15) is 16.3 Å². The molecule has 1 amide bonds. The number of rotatable bonds is 3. The monoisotopic (exact) mass is 319 g/mol. The van der Waals surface area contributed by atoms with Crippen molar-refractivity contribution in [2.45, 2.75) is 52.5 Å². The molecule has 1 saturated heterocycles. The molecule has 118 valence electrons. The Kier molecular flexibility index (Phi) is 4.29. The molecule has 0 bridgehead atoms. The second-order valence-corrected chi connectivity index (χ2v) is 6.64. The summed E-state index contributed by atoms with van der Waals surface area (Å²) in [5.74, 6) is 0.648. The van der Waals surface area contributed by atoms with Crippen molar-refractivity contribution in [1.29, 1.82) is 0 Å². The number of aryl methyl sites for hydroxylation is 3. The van der Waals surface area contributed by atoms with E-state index in [0.717, 1.165) is 42.2 Å². The van der Waals surface area contributed by atoms with Crippen LogP contribution < -0.4 is 0 Å². The van der Waals surface area contributed by atoms with Gasteiger partial charge in [-0.2, -0.15) is 0 Å². The summed E-state index contributed by atoms with van der Waals surface area (Å²) in [5, 5.41) is 7.11. The molecule has 1 atom stereocenters. The minimum absolute atomic E-state index is 0.0353. The van der Waals surface area contributed by atoms with E-state index in [9.17, 15) is 4.79 Å². The molecule has 1 aliphatic rings. The summed E-state index contributed by atoms with van der Waals surface area (Å²) in [4.78, 5) is 19.6. The summed E-state index contributed by atoms with van der Waals surface area (Å²) in [6.45, 7) is 6.57. The van der Waals surface area contributed by atoms with E-state index in [4.69, 9.17) is 4.52 Å². The maximum atomic E-state index is 13.1. The van der Waals surface area contributed by atoms with E-state index in [2.05, 4.69) is 15.5 Å². The quantitative estimate of drug-likeness (QED) is 0.866. The predicted molar refractivity (Wildman–Crippen MR) is 85.1 cm³/mol. The Morgan fingerprint density at radius 3 is 2.95 bits per heavy atom. The highest BCUT2D eigenvalue weighted by atomic mass is 32.1. The van der Waals surface area contributed by atoms with Gasteiger partial charge in [-0.25, -0.2) is 4.98 Å². The highest BCUT2D eigenvalue weighted by molar-refractivity contribution is 7.09. The summed E-state index contributed by atoms with van der Waals surface area (Å²) in [7, 11) is 0. The molecule has 0 N–H and O–H groups in total. The van der Waals surface area contributed by atoms with Gasteiger partial charge in [-0.15, -0.1) is 11.3 Å². The van der Waals surface area contributed by atoms with E-state index in [1.165, 1.54) is 0 Å². The smallest absolute Gasteiger partial charge is 0.259 e. The molecule has 5 nitrogen and oxygen atoms in total. The fourth-order valence-electron chi connectivity index (χ4n) is 3.03.